The van der Waals surface area contributed by atoms with E-state index in [0.717, 1.165) is 13.3 Å². The molecular formula is C5H10AgO2-. The number of aliphatic carboxylic acids is 1. The molecule has 0 rings (SSSR count). The van der Waals surface area contributed by atoms with E-state index < -0.39 is 5.97 Å². The minimum absolute atomic E-state index is 0. The first-order chi connectivity index (χ1) is 3.15. The molecule has 0 saturated carbocycles. The van der Waals surface area contributed by atoms with E-state index in [0.29, 0.717) is 0 Å². The molecule has 0 spiro atoms. The number of carbonyl (C=O) groups is 1. The largest absolute Gasteiger partial charge is 1.00 e. The molecule has 0 heterocycles. The topological polar surface area (TPSA) is 40.1 Å². The van der Waals surface area contributed by atoms with Gasteiger partial charge < -0.3 is 16.8 Å². The molecule has 2 nitrogen and oxygen atoms in total. The first-order valence-corrected chi connectivity index (χ1v) is 2.12. The van der Waals surface area contributed by atoms with Crippen molar-refractivity contribution in [3.8, 4) is 0 Å². The zero-order valence-electron chi connectivity index (χ0n) is 5.03. The molecule has 0 saturated heterocycles. The fourth-order valence-electron chi connectivity index (χ4n) is 0. The van der Waals surface area contributed by atoms with Crippen molar-refractivity contribution in [1.82, 2.24) is 0 Å². The molecule has 0 unspecified atom stereocenters. The fourth-order valence-corrected chi connectivity index (χ4v) is 0. The van der Waals surface area contributed by atoms with Gasteiger partial charge >= 0.3 is 22.4 Å². The maximum Gasteiger partial charge on any atom is 1.00 e. The van der Waals surface area contributed by atoms with E-state index in [9.17, 15) is 0 Å². The average Bonchev–Trinajstić information content (AvgIpc) is 1.33. The molecule has 0 aliphatic carbocycles. The number of carbonyl (C=O) groups excluding carboxylic acids is 1. The Morgan fingerprint density at radius 3 is 1.75 bits per heavy atom. The van der Waals surface area contributed by atoms with Crippen molar-refractivity contribution in [1.29, 1.82) is 0 Å². The smallest absolute Gasteiger partial charge is 0.550 e. The van der Waals surface area contributed by atoms with Crippen molar-refractivity contribution in [2.75, 3.05) is 0 Å². The van der Waals surface area contributed by atoms with Gasteiger partial charge in [-0.3, -0.25) is 0 Å². The zero-order valence-corrected chi connectivity index (χ0v) is 6.51. The number of carboxylic acid groups (broad SMARTS) is 1. The molecule has 0 aliphatic heterocycles. The van der Waals surface area contributed by atoms with Gasteiger partial charge in [0.1, 0.15) is 0 Å². The van der Waals surface area contributed by atoms with Gasteiger partial charge in [0.25, 0.3) is 0 Å². The van der Waals surface area contributed by atoms with Crippen LogP contribution in [0, 0.1) is 6.92 Å². The quantitative estimate of drug-likeness (QED) is 0.416. The maximum absolute atomic E-state index is 8.89. The summed E-state index contributed by atoms with van der Waals surface area (Å²) in [6, 6.07) is 0. The van der Waals surface area contributed by atoms with Crippen molar-refractivity contribution in [3.05, 3.63) is 6.92 Å². The molecule has 8 heavy (non-hydrogen) atoms. The maximum atomic E-state index is 8.89. The number of hydrogen-bond donors (Lipinski definition) is 0. The van der Waals surface area contributed by atoms with Gasteiger partial charge in [-0.1, -0.05) is 6.92 Å². The Labute approximate surface area is 65.8 Å². The van der Waals surface area contributed by atoms with Gasteiger partial charge in [-0.15, -0.1) is 0 Å². The summed E-state index contributed by atoms with van der Waals surface area (Å²) >= 11 is 0. The van der Waals surface area contributed by atoms with E-state index in [-0.39, 0.29) is 22.4 Å². The van der Waals surface area contributed by atoms with Gasteiger partial charge in [0.05, 0.1) is 0 Å². The van der Waals surface area contributed by atoms with Gasteiger partial charge in [-0.25, -0.2) is 0 Å². The third-order valence-corrected chi connectivity index (χ3v) is 0. The summed E-state index contributed by atoms with van der Waals surface area (Å²) in [6.45, 7) is 6.47. The summed E-state index contributed by atoms with van der Waals surface area (Å²) in [4.78, 5) is 8.89. The summed E-state index contributed by atoms with van der Waals surface area (Å²) in [6.07, 6.45) is 1.00. The first-order valence-electron chi connectivity index (χ1n) is 2.12. The van der Waals surface area contributed by atoms with Gasteiger partial charge in [0.2, 0.25) is 0 Å². The molecule has 0 amide bonds. The van der Waals surface area contributed by atoms with Crippen LogP contribution < -0.4 is 5.11 Å². The van der Waals surface area contributed by atoms with Gasteiger partial charge in [-0.2, -0.15) is 6.42 Å². The fraction of sp³-hybridized carbons (Fsp3) is 0.600. The van der Waals surface area contributed by atoms with Crippen LogP contribution in [-0.2, 0) is 27.2 Å². The van der Waals surface area contributed by atoms with Crippen molar-refractivity contribution < 1.29 is 32.3 Å². The molecule has 0 fully saturated rings. The second-order valence-electron chi connectivity index (χ2n) is 0.992. The van der Waals surface area contributed by atoms with Crippen molar-refractivity contribution in [2.45, 2.75) is 20.3 Å². The van der Waals surface area contributed by atoms with Crippen LogP contribution in [0.25, 0.3) is 0 Å². The summed E-state index contributed by atoms with van der Waals surface area (Å²) < 4.78 is 0. The Hall–Kier alpha value is 0.210. The van der Waals surface area contributed by atoms with Crippen LogP contribution in [0.1, 0.15) is 20.3 Å². The van der Waals surface area contributed by atoms with Crippen LogP contribution in [-0.4, -0.2) is 5.97 Å². The van der Waals surface area contributed by atoms with Crippen molar-refractivity contribution in [2.24, 2.45) is 0 Å². The predicted octanol–water partition coefficient (Wildman–Crippen LogP) is -0.0158. The molecule has 0 aromatic heterocycles. The number of carboxylic acids is 1. The molecule has 54 valence electrons. The third kappa shape index (κ3) is 3810. The van der Waals surface area contributed by atoms with Crippen LogP contribution in [0.3, 0.4) is 0 Å². The summed E-state index contributed by atoms with van der Waals surface area (Å²) in [5.41, 5.74) is 0. The van der Waals surface area contributed by atoms with Crippen LogP contribution in [0.4, 0.5) is 0 Å². The first kappa shape index (κ1) is 15.7. The normalized spacial score (nSPS) is 5.38. The van der Waals surface area contributed by atoms with E-state index in [1.807, 2.05) is 6.92 Å². The number of rotatable bonds is 0. The molecule has 0 bridgehead atoms. The second-order valence-corrected chi connectivity index (χ2v) is 0.992. The van der Waals surface area contributed by atoms with E-state index in [1.54, 1.807) is 0 Å². The monoisotopic (exact) mass is 209 g/mol. The van der Waals surface area contributed by atoms with E-state index >= 15 is 0 Å². The van der Waals surface area contributed by atoms with Crippen molar-refractivity contribution >= 4 is 5.97 Å². The van der Waals surface area contributed by atoms with Gasteiger partial charge in [-0.05, 0) is 6.92 Å². The number of hydrogen-bond acceptors (Lipinski definition) is 2. The van der Waals surface area contributed by atoms with E-state index in [1.165, 1.54) is 0 Å². The molecule has 0 atom stereocenters. The Morgan fingerprint density at radius 1 is 1.75 bits per heavy atom. The Bertz CT molecular complexity index is 41.7. The second kappa shape index (κ2) is 15.7. The van der Waals surface area contributed by atoms with Gasteiger partial charge in [0, 0.05) is 5.97 Å². The average molecular weight is 210 g/mol. The van der Waals surface area contributed by atoms with Gasteiger partial charge in [0.15, 0.2) is 0 Å². The molecular weight excluding hydrogens is 200 g/mol. The zero-order chi connectivity index (χ0) is 6.28. The third-order valence-electron chi connectivity index (χ3n) is 0. The van der Waals surface area contributed by atoms with Crippen LogP contribution >= 0.6 is 0 Å². The molecule has 3 heteroatoms. The minimum atomic E-state index is -1.08. The summed E-state index contributed by atoms with van der Waals surface area (Å²) in [5.74, 6) is -1.08. The van der Waals surface area contributed by atoms with E-state index in [4.69, 9.17) is 9.90 Å². The standard InChI is InChI=1S/C3H7.C2H4O2.Ag/c1-3-2;1-2(3)4;/h1,3H2,2H3;1H3,(H,3,4);/q-1;;+1/p-1. The predicted molar refractivity (Wildman–Crippen MR) is 26.3 cm³/mol. The molecule has 0 N–H and O–H groups in total. The SMILES string of the molecule is CC(=O)[O-].[Ag+].[CH2-]CC. The molecule has 0 aromatic carbocycles. The van der Waals surface area contributed by atoms with Crippen molar-refractivity contribution in [3.63, 3.8) is 0 Å². The van der Waals surface area contributed by atoms with Crippen LogP contribution in [0.5, 0.6) is 0 Å². The summed E-state index contributed by atoms with van der Waals surface area (Å²) in [7, 11) is 0. The van der Waals surface area contributed by atoms with Crippen LogP contribution in [0.15, 0.2) is 0 Å². The van der Waals surface area contributed by atoms with E-state index in [2.05, 4.69) is 6.92 Å². The minimum Gasteiger partial charge on any atom is -0.550 e. The molecule has 0 radical (unpaired) electrons. The Morgan fingerprint density at radius 2 is 1.75 bits per heavy atom. The summed E-state index contributed by atoms with van der Waals surface area (Å²) in [5, 5.41) is 8.89. The molecule has 0 aromatic rings. The Balaban J connectivity index is -0.0000000575. The molecule has 0 aliphatic rings. The van der Waals surface area contributed by atoms with Crippen LogP contribution in [0.2, 0.25) is 0 Å². The Kier molecular flexibility index (Phi) is 30.8.